The predicted octanol–water partition coefficient (Wildman–Crippen LogP) is 0.412. The van der Waals surface area contributed by atoms with Gasteiger partial charge in [0.1, 0.15) is 30.1 Å². The van der Waals surface area contributed by atoms with Crippen LogP contribution in [0.4, 0.5) is 5.82 Å². The second-order valence-electron chi connectivity index (χ2n) is 8.75. The van der Waals surface area contributed by atoms with E-state index in [1.807, 2.05) is 6.07 Å². The molecule has 0 unspecified atom stereocenters. The average molecular weight is 519 g/mol. The van der Waals surface area contributed by atoms with Gasteiger partial charge in [0.05, 0.1) is 25.1 Å². The van der Waals surface area contributed by atoms with Crippen LogP contribution in [0.25, 0.3) is 5.52 Å². The molecular weight excluding hydrogens is 488 g/mol. The van der Waals surface area contributed by atoms with Crippen molar-refractivity contribution in [1.29, 1.82) is 5.26 Å². The standard InChI is InChI=1S/C23H30N6O8/c1-12(2)34-22(32)13(3)27-11-33-9-23(8-24)20(36-15(5)31)19(35-14(4)30)18(37-23)16-6-7-17-21(25)26-10-28-29(16)17/h6-7,10,12-13,18-20,27H,9,11H2,1-5H3,(H2,25,26,28)/t13-,18-,19-,20-,23+/m0/s1. The number of nitrogens with zero attached hydrogens (tertiary/aromatic N) is 4. The number of hydrogen-bond donors (Lipinski definition) is 2. The van der Waals surface area contributed by atoms with Crippen LogP contribution < -0.4 is 11.1 Å². The number of carbonyl (C=O) groups excluding carboxylic acids is 3. The van der Waals surface area contributed by atoms with Gasteiger partial charge in [-0.05, 0) is 32.9 Å². The van der Waals surface area contributed by atoms with E-state index in [1.165, 1.54) is 17.8 Å². The normalized spacial score (nSPS) is 24.0. The summed E-state index contributed by atoms with van der Waals surface area (Å²) in [6, 6.07) is 4.61. The number of fused-ring (bicyclic) bond motifs is 1. The minimum Gasteiger partial charge on any atom is -0.462 e. The third kappa shape index (κ3) is 6.13. The van der Waals surface area contributed by atoms with Gasteiger partial charge < -0.3 is 29.4 Å². The fourth-order valence-corrected chi connectivity index (χ4v) is 3.90. The van der Waals surface area contributed by atoms with Gasteiger partial charge in [0, 0.05) is 13.8 Å². The maximum absolute atomic E-state index is 12.0. The SMILES string of the molecule is CC(=O)O[C@H]1[C@H](c2ccc3c(N)ncnn23)O[C@](C#N)(COCN[C@@H](C)C(=O)OC(C)C)[C@H]1OC(C)=O. The number of nitriles is 1. The summed E-state index contributed by atoms with van der Waals surface area (Å²) in [5.74, 6) is -1.67. The van der Waals surface area contributed by atoms with Crippen LogP contribution >= 0.6 is 0 Å². The van der Waals surface area contributed by atoms with Crippen molar-refractivity contribution in [2.75, 3.05) is 19.1 Å². The molecule has 0 aliphatic carbocycles. The Kier molecular flexibility index (Phi) is 8.64. The van der Waals surface area contributed by atoms with Crippen LogP contribution in [-0.4, -0.2) is 75.8 Å². The molecule has 2 aromatic rings. The smallest absolute Gasteiger partial charge is 0.323 e. The molecule has 0 aromatic carbocycles. The number of nitrogen functional groups attached to an aromatic ring is 1. The van der Waals surface area contributed by atoms with Crippen molar-refractivity contribution in [3.05, 3.63) is 24.2 Å². The van der Waals surface area contributed by atoms with E-state index in [2.05, 4.69) is 15.4 Å². The summed E-state index contributed by atoms with van der Waals surface area (Å²) < 4.78 is 29.3. The van der Waals surface area contributed by atoms with Crippen LogP contribution in [0.2, 0.25) is 0 Å². The maximum atomic E-state index is 12.0. The molecule has 3 N–H and O–H groups in total. The van der Waals surface area contributed by atoms with Crippen LogP contribution in [0, 0.1) is 11.3 Å². The Morgan fingerprint density at radius 2 is 1.95 bits per heavy atom. The molecular formula is C23H30N6O8. The second-order valence-corrected chi connectivity index (χ2v) is 8.75. The van der Waals surface area contributed by atoms with Crippen LogP contribution in [-0.2, 0) is 38.1 Å². The third-order valence-electron chi connectivity index (χ3n) is 5.49. The van der Waals surface area contributed by atoms with E-state index in [-0.39, 0.29) is 18.7 Å². The molecule has 1 fully saturated rings. The van der Waals surface area contributed by atoms with Crippen LogP contribution in [0.3, 0.4) is 0 Å². The van der Waals surface area contributed by atoms with Crippen molar-refractivity contribution < 1.29 is 38.1 Å². The summed E-state index contributed by atoms with van der Waals surface area (Å²) in [4.78, 5) is 39.9. The maximum Gasteiger partial charge on any atom is 0.323 e. The first-order valence-corrected chi connectivity index (χ1v) is 11.5. The molecule has 37 heavy (non-hydrogen) atoms. The number of hydrogen-bond acceptors (Lipinski definition) is 13. The number of esters is 3. The van der Waals surface area contributed by atoms with Gasteiger partial charge in [-0.2, -0.15) is 10.4 Å². The van der Waals surface area contributed by atoms with Crippen LogP contribution in [0.1, 0.15) is 46.4 Å². The van der Waals surface area contributed by atoms with Crippen LogP contribution in [0.15, 0.2) is 18.5 Å². The van der Waals surface area contributed by atoms with Crippen molar-refractivity contribution in [2.45, 2.75) is 70.7 Å². The highest BCUT2D eigenvalue weighted by atomic mass is 16.7. The molecule has 0 spiro atoms. The van der Waals surface area contributed by atoms with Crippen molar-refractivity contribution in [3.63, 3.8) is 0 Å². The quantitative estimate of drug-likeness (QED) is 0.190. The minimum absolute atomic E-state index is 0.158. The number of carbonyl (C=O) groups is 3. The largest absolute Gasteiger partial charge is 0.462 e. The number of rotatable bonds is 10. The second kappa shape index (κ2) is 11.5. The lowest BCUT2D eigenvalue weighted by atomic mass is 9.95. The molecule has 0 amide bonds. The van der Waals surface area contributed by atoms with Crippen molar-refractivity contribution in [1.82, 2.24) is 19.9 Å². The lowest BCUT2D eigenvalue weighted by molar-refractivity contribution is -0.168. The van der Waals surface area contributed by atoms with Crippen molar-refractivity contribution >= 4 is 29.2 Å². The fourth-order valence-electron chi connectivity index (χ4n) is 3.90. The monoisotopic (exact) mass is 518 g/mol. The Morgan fingerprint density at radius 1 is 1.24 bits per heavy atom. The predicted molar refractivity (Wildman–Crippen MR) is 125 cm³/mol. The fraction of sp³-hybridized carbons (Fsp3) is 0.565. The lowest BCUT2D eigenvalue weighted by Crippen LogP contribution is -2.50. The Hall–Kier alpha value is -3.80. The number of aromatic nitrogens is 3. The first-order chi connectivity index (χ1) is 17.5. The molecule has 0 radical (unpaired) electrons. The summed E-state index contributed by atoms with van der Waals surface area (Å²) in [7, 11) is 0. The van der Waals surface area contributed by atoms with Gasteiger partial charge >= 0.3 is 17.9 Å². The van der Waals surface area contributed by atoms with Gasteiger partial charge in [0.25, 0.3) is 0 Å². The molecule has 14 nitrogen and oxygen atoms in total. The molecule has 200 valence electrons. The summed E-state index contributed by atoms with van der Waals surface area (Å²) in [6.07, 6.45) is -2.69. The Bertz CT molecular complexity index is 1190. The number of nitrogens with one attached hydrogen (secondary N) is 1. The molecule has 1 saturated heterocycles. The van der Waals surface area contributed by atoms with E-state index in [4.69, 9.17) is 29.4 Å². The first-order valence-electron chi connectivity index (χ1n) is 11.5. The third-order valence-corrected chi connectivity index (χ3v) is 5.49. The van der Waals surface area contributed by atoms with Crippen molar-refractivity contribution in [2.24, 2.45) is 0 Å². The van der Waals surface area contributed by atoms with E-state index in [9.17, 15) is 19.6 Å². The molecule has 14 heteroatoms. The molecule has 1 aliphatic heterocycles. The highest BCUT2D eigenvalue weighted by Gasteiger charge is 2.61. The van der Waals surface area contributed by atoms with Gasteiger partial charge in [0.15, 0.2) is 18.0 Å². The first kappa shape index (κ1) is 27.8. The lowest BCUT2D eigenvalue weighted by Gasteiger charge is -2.28. The number of anilines is 1. The minimum atomic E-state index is -1.87. The van der Waals surface area contributed by atoms with Gasteiger partial charge in [-0.3, -0.25) is 19.7 Å². The highest BCUT2D eigenvalue weighted by molar-refractivity contribution is 5.75. The molecule has 1 aliphatic rings. The Labute approximate surface area is 212 Å². The summed E-state index contributed by atoms with van der Waals surface area (Å²) in [6.45, 7) is 6.85. The van der Waals surface area contributed by atoms with Crippen LogP contribution in [0.5, 0.6) is 0 Å². The zero-order chi connectivity index (χ0) is 27.3. The Balaban J connectivity index is 1.89. The van der Waals surface area contributed by atoms with Gasteiger partial charge in [-0.25, -0.2) is 9.50 Å². The summed E-state index contributed by atoms with van der Waals surface area (Å²) in [5, 5.41) is 17.2. The molecule has 3 heterocycles. The molecule has 3 rings (SSSR count). The van der Waals surface area contributed by atoms with E-state index in [0.29, 0.717) is 11.2 Å². The summed E-state index contributed by atoms with van der Waals surface area (Å²) >= 11 is 0. The van der Waals surface area contributed by atoms with Gasteiger partial charge in [-0.15, -0.1) is 0 Å². The van der Waals surface area contributed by atoms with E-state index in [0.717, 1.165) is 6.92 Å². The number of nitrogens with two attached hydrogens (primary N) is 1. The van der Waals surface area contributed by atoms with E-state index in [1.54, 1.807) is 32.9 Å². The highest BCUT2D eigenvalue weighted by Crippen LogP contribution is 2.44. The number of ether oxygens (including phenoxy) is 5. The van der Waals surface area contributed by atoms with Gasteiger partial charge in [0.2, 0.25) is 5.60 Å². The molecule has 0 saturated carbocycles. The zero-order valence-corrected chi connectivity index (χ0v) is 21.2. The van der Waals surface area contributed by atoms with E-state index < -0.39 is 54.5 Å². The van der Waals surface area contributed by atoms with E-state index >= 15 is 0 Å². The van der Waals surface area contributed by atoms with Crippen molar-refractivity contribution in [3.8, 4) is 6.07 Å². The molecule has 5 atom stereocenters. The average Bonchev–Trinajstić information content (AvgIpc) is 3.37. The zero-order valence-electron chi connectivity index (χ0n) is 21.2. The topological polar surface area (TPSA) is 189 Å². The Morgan fingerprint density at radius 3 is 2.57 bits per heavy atom. The molecule has 2 aromatic heterocycles. The summed E-state index contributed by atoms with van der Waals surface area (Å²) in [5.41, 5.74) is 4.90. The molecule has 0 bridgehead atoms. The van der Waals surface area contributed by atoms with Gasteiger partial charge in [-0.1, -0.05) is 0 Å².